The highest BCUT2D eigenvalue weighted by Gasteiger charge is 2.22. The van der Waals surface area contributed by atoms with Gasteiger partial charge in [-0.3, -0.25) is 9.59 Å². The molecule has 7 nitrogen and oxygen atoms in total. The number of rotatable bonds is 12. The number of carboxylic acid groups (broad SMARTS) is 2. The Morgan fingerprint density at radius 2 is 1.74 bits per heavy atom. The van der Waals surface area contributed by atoms with Gasteiger partial charge in [-0.2, -0.15) is 0 Å². The lowest BCUT2D eigenvalue weighted by Crippen LogP contribution is -2.45. The highest BCUT2D eigenvalue weighted by Crippen LogP contribution is 2.08. The molecule has 0 aliphatic rings. The minimum Gasteiger partial charge on any atom is -0.550 e. The topological polar surface area (TPSA) is 104 Å². The number of carbonyl (C=O) groups excluding carboxylic acids is 2. The molecule has 0 aromatic heterocycles. The summed E-state index contributed by atoms with van der Waals surface area (Å²) in [6, 6.07) is 0. The van der Waals surface area contributed by atoms with Crippen LogP contribution in [-0.4, -0.2) is 61.3 Å². The zero-order chi connectivity index (χ0) is 17.9. The van der Waals surface area contributed by atoms with Crippen molar-refractivity contribution in [3.63, 3.8) is 0 Å². The number of aliphatic carboxylic acids is 2. The first kappa shape index (κ1) is 21.1. The Hall–Kier alpha value is -1.89. The van der Waals surface area contributed by atoms with Crippen LogP contribution in [0, 0.1) is 0 Å². The average molecular weight is 329 g/mol. The number of carbonyl (C=O) groups is 3. The van der Waals surface area contributed by atoms with Gasteiger partial charge in [0.2, 0.25) is 0 Å². The second kappa shape index (κ2) is 10.8. The SMILES string of the molecule is C[N+](C)(C)CC(CC(=O)[O-])OC(=O)CCC/C=C/CCC(=O)O. The largest absolute Gasteiger partial charge is 0.550 e. The van der Waals surface area contributed by atoms with Crippen molar-refractivity contribution < 1.29 is 33.8 Å². The van der Waals surface area contributed by atoms with Gasteiger partial charge < -0.3 is 24.2 Å². The van der Waals surface area contributed by atoms with Gasteiger partial charge in [-0.1, -0.05) is 12.2 Å². The molecule has 0 aliphatic carbocycles. The van der Waals surface area contributed by atoms with Crippen molar-refractivity contribution in [1.29, 1.82) is 0 Å². The predicted octanol–water partition coefficient (Wildman–Crippen LogP) is 0.336. The van der Waals surface area contributed by atoms with E-state index in [1.54, 1.807) is 6.08 Å². The van der Waals surface area contributed by atoms with Gasteiger partial charge in [0.1, 0.15) is 6.54 Å². The zero-order valence-electron chi connectivity index (χ0n) is 14.1. The number of allylic oxidation sites excluding steroid dienone is 2. The summed E-state index contributed by atoms with van der Waals surface area (Å²) in [7, 11) is 5.66. The summed E-state index contributed by atoms with van der Waals surface area (Å²) in [6.07, 6.45) is 4.58. The van der Waals surface area contributed by atoms with Crippen LogP contribution in [0.4, 0.5) is 0 Å². The van der Waals surface area contributed by atoms with E-state index in [9.17, 15) is 19.5 Å². The Morgan fingerprint density at radius 3 is 2.26 bits per heavy atom. The number of nitrogens with zero attached hydrogens (tertiary/aromatic N) is 1. The summed E-state index contributed by atoms with van der Waals surface area (Å²) in [6.45, 7) is 0.398. The lowest BCUT2D eigenvalue weighted by Gasteiger charge is -2.29. The minimum absolute atomic E-state index is 0.0918. The second-order valence-electron chi connectivity index (χ2n) is 6.46. The molecule has 0 bridgehead atoms. The molecule has 132 valence electrons. The van der Waals surface area contributed by atoms with Gasteiger partial charge in [-0.25, -0.2) is 0 Å². The summed E-state index contributed by atoms with van der Waals surface area (Å²) in [5.74, 6) is -2.50. The maximum absolute atomic E-state index is 11.8. The molecular formula is C16H27NO6. The number of quaternary nitrogens is 1. The Morgan fingerprint density at radius 1 is 1.13 bits per heavy atom. The van der Waals surface area contributed by atoms with E-state index in [4.69, 9.17) is 9.84 Å². The second-order valence-corrected chi connectivity index (χ2v) is 6.46. The number of esters is 1. The van der Waals surface area contributed by atoms with Crippen LogP contribution in [0.3, 0.4) is 0 Å². The first-order valence-corrected chi connectivity index (χ1v) is 7.66. The van der Waals surface area contributed by atoms with Crippen molar-refractivity contribution in [2.75, 3.05) is 27.7 Å². The maximum Gasteiger partial charge on any atom is 0.306 e. The predicted molar refractivity (Wildman–Crippen MR) is 82.3 cm³/mol. The van der Waals surface area contributed by atoms with Crippen molar-refractivity contribution in [1.82, 2.24) is 0 Å². The van der Waals surface area contributed by atoms with Crippen molar-refractivity contribution >= 4 is 17.9 Å². The van der Waals surface area contributed by atoms with Crippen LogP contribution >= 0.6 is 0 Å². The third-order valence-corrected chi connectivity index (χ3v) is 2.89. The summed E-state index contributed by atoms with van der Waals surface area (Å²) in [4.78, 5) is 32.8. The molecule has 0 rings (SSSR count). The quantitative estimate of drug-likeness (QED) is 0.240. The van der Waals surface area contributed by atoms with Crippen LogP contribution in [0.25, 0.3) is 0 Å². The highest BCUT2D eigenvalue weighted by atomic mass is 16.5. The van der Waals surface area contributed by atoms with Crippen LogP contribution in [-0.2, 0) is 19.1 Å². The van der Waals surface area contributed by atoms with Crippen LogP contribution < -0.4 is 5.11 Å². The van der Waals surface area contributed by atoms with Crippen molar-refractivity contribution in [2.24, 2.45) is 0 Å². The standard InChI is InChI=1S/C16H27NO6/c1-17(2,3)12-13(11-15(20)21)23-16(22)10-8-6-4-5-7-9-14(18)19/h4-5,13H,6-12H2,1-3H3,(H-,18,19,20,21)/b5-4+. The van der Waals surface area contributed by atoms with Gasteiger partial charge >= 0.3 is 11.9 Å². The molecule has 0 radical (unpaired) electrons. The maximum atomic E-state index is 11.8. The molecule has 0 fully saturated rings. The molecule has 1 atom stereocenters. The first-order chi connectivity index (χ1) is 10.6. The third kappa shape index (κ3) is 14.8. The van der Waals surface area contributed by atoms with E-state index in [2.05, 4.69) is 0 Å². The number of hydrogen-bond donors (Lipinski definition) is 1. The van der Waals surface area contributed by atoms with Crippen molar-refractivity contribution in [3.05, 3.63) is 12.2 Å². The number of hydrogen-bond acceptors (Lipinski definition) is 5. The number of unbranched alkanes of at least 4 members (excludes halogenated alkanes) is 1. The zero-order valence-corrected chi connectivity index (χ0v) is 14.1. The van der Waals surface area contributed by atoms with E-state index in [1.165, 1.54) is 0 Å². The molecule has 23 heavy (non-hydrogen) atoms. The third-order valence-electron chi connectivity index (χ3n) is 2.89. The van der Waals surface area contributed by atoms with Gasteiger partial charge in [0.15, 0.2) is 6.10 Å². The normalized spacial score (nSPS) is 13.0. The van der Waals surface area contributed by atoms with Crippen molar-refractivity contribution in [2.45, 2.75) is 44.6 Å². The number of ether oxygens (including phenoxy) is 1. The summed E-state index contributed by atoms with van der Waals surface area (Å²) < 4.78 is 5.70. The molecule has 1 N–H and O–H groups in total. The van der Waals surface area contributed by atoms with Gasteiger partial charge in [0.25, 0.3) is 0 Å². The Kier molecular flexibility index (Phi) is 9.89. The lowest BCUT2D eigenvalue weighted by molar-refractivity contribution is -0.873. The van der Waals surface area contributed by atoms with Crippen LogP contribution in [0.2, 0.25) is 0 Å². The Bertz CT molecular complexity index is 425. The Labute approximate surface area is 137 Å². The fourth-order valence-corrected chi connectivity index (χ4v) is 1.99. The fraction of sp³-hybridized carbons (Fsp3) is 0.688. The molecule has 0 saturated carbocycles. The van der Waals surface area contributed by atoms with E-state index in [0.29, 0.717) is 30.3 Å². The minimum atomic E-state index is -1.24. The van der Waals surface area contributed by atoms with E-state index >= 15 is 0 Å². The smallest absolute Gasteiger partial charge is 0.306 e. The number of likely N-dealkylation sites (N-methyl/N-ethyl adjacent to an activating group) is 1. The fourth-order valence-electron chi connectivity index (χ4n) is 1.99. The molecule has 0 aromatic rings. The van der Waals surface area contributed by atoms with Gasteiger partial charge in [-0.05, 0) is 19.3 Å². The monoisotopic (exact) mass is 329 g/mol. The van der Waals surface area contributed by atoms with Crippen LogP contribution in [0.5, 0.6) is 0 Å². The summed E-state index contributed by atoms with van der Waals surface area (Å²) >= 11 is 0. The molecule has 1 unspecified atom stereocenters. The first-order valence-electron chi connectivity index (χ1n) is 7.66. The van der Waals surface area contributed by atoms with E-state index in [-0.39, 0.29) is 19.3 Å². The van der Waals surface area contributed by atoms with E-state index in [1.807, 2.05) is 27.2 Å². The van der Waals surface area contributed by atoms with E-state index < -0.39 is 24.0 Å². The molecule has 0 heterocycles. The Balaban J connectivity index is 4.07. The van der Waals surface area contributed by atoms with Gasteiger partial charge in [0.05, 0.1) is 21.1 Å². The summed E-state index contributed by atoms with van der Waals surface area (Å²) in [5.41, 5.74) is 0. The molecule has 0 aromatic carbocycles. The van der Waals surface area contributed by atoms with Gasteiger partial charge in [0, 0.05) is 25.2 Å². The molecular weight excluding hydrogens is 302 g/mol. The van der Waals surface area contributed by atoms with Crippen molar-refractivity contribution in [3.8, 4) is 0 Å². The molecule has 0 amide bonds. The average Bonchev–Trinajstić information content (AvgIpc) is 2.34. The van der Waals surface area contributed by atoms with Gasteiger partial charge in [-0.15, -0.1) is 0 Å². The van der Waals surface area contributed by atoms with Crippen LogP contribution in [0.1, 0.15) is 38.5 Å². The molecule has 0 spiro atoms. The molecule has 0 saturated heterocycles. The van der Waals surface area contributed by atoms with Crippen LogP contribution in [0.15, 0.2) is 12.2 Å². The number of carboxylic acids is 2. The highest BCUT2D eigenvalue weighted by molar-refractivity contribution is 5.71. The lowest BCUT2D eigenvalue weighted by atomic mass is 10.2. The van der Waals surface area contributed by atoms with E-state index in [0.717, 1.165) is 0 Å². The molecule has 7 heteroatoms. The molecule has 0 aliphatic heterocycles. The summed E-state index contributed by atoms with van der Waals surface area (Å²) in [5, 5.41) is 19.2.